The Balaban J connectivity index is 2.32. The molecule has 0 aliphatic rings. The molecular weight excluding hydrogens is 346 g/mol. The largest absolute Gasteiger partial charge is 0.461 e. The highest BCUT2D eigenvalue weighted by atomic mass is 16.5. The Kier molecular flexibility index (Phi) is 6.50. The van der Waals surface area contributed by atoms with Crippen LogP contribution in [0.5, 0.6) is 0 Å². The Labute approximate surface area is 158 Å². The molecule has 0 aromatic carbocycles. The van der Waals surface area contributed by atoms with E-state index >= 15 is 0 Å². The molecule has 0 aliphatic heterocycles. The average Bonchev–Trinajstić information content (AvgIpc) is 2.93. The first-order chi connectivity index (χ1) is 12.8. The van der Waals surface area contributed by atoms with E-state index in [1.54, 1.807) is 46.2 Å². The van der Waals surface area contributed by atoms with Crippen LogP contribution in [0, 0.1) is 13.8 Å². The number of rotatable bonds is 7. The zero-order valence-electron chi connectivity index (χ0n) is 16.3. The lowest BCUT2D eigenvalue weighted by atomic mass is 9.99. The maximum Gasteiger partial charge on any atom is 0.355 e. The number of aromatic nitrogens is 2. The van der Waals surface area contributed by atoms with Crippen molar-refractivity contribution in [2.75, 3.05) is 6.61 Å². The number of pyridine rings is 1. The highest BCUT2D eigenvalue weighted by Crippen LogP contribution is 2.22. The Hall–Kier alpha value is -2.96. The Bertz CT molecular complexity index is 842. The van der Waals surface area contributed by atoms with E-state index in [4.69, 9.17) is 4.74 Å². The van der Waals surface area contributed by atoms with Crippen LogP contribution < -0.4 is 0 Å². The zero-order valence-corrected chi connectivity index (χ0v) is 16.3. The molecule has 7 heteroatoms. The molecule has 1 amide bonds. The number of carbonyl (C=O) groups excluding carboxylic acids is 3. The summed E-state index contributed by atoms with van der Waals surface area (Å²) in [7, 11) is 0. The minimum absolute atomic E-state index is 0.212. The molecule has 2 aromatic rings. The van der Waals surface area contributed by atoms with Gasteiger partial charge in [0.2, 0.25) is 5.91 Å². The molecule has 0 saturated carbocycles. The van der Waals surface area contributed by atoms with Gasteiger partial charge in [0.05, 0.1) is 12.6 Å². The second-order valence-electron chi connectivity index (χ2n) is 6.39. The summed E-state index contributed by atoms with van der Waals surface area (Å²) in [5, 5.41) is 0. The van der Waals surface area contributed by atoms with E-state index in [0.717, 1.165) is 5.56 Å². The van der Waals surface area contributed by atoms with E-state index < -0.39 is 12.0 Å². The maximum absolute atomic E-state index is 13.1. The normalized spacial score (nSPS) is 11.7. The molecule has 2 heterocycles. The minimum atomic E-state index is -0.689. The summed E-state index contributed by atoms with van der Waals surface area (Å²) >= 11 is 0. The minimum Gasteiger partial charge on any atom is -0.461 e. The van der Waals surface area contributed by atoms with E-state index in [-0.39, 0.29) is 30.5 Å². The predicted octanol–water partition coefficient (Wildman–Crippen LogP) is 2.82. The van der Waals surface area contributed by atoms with E-state index in [1.165, 1.54) is 11.8 Å². The van der Waals surface area contributed by atoms with Crippen molar-refractivity contribution in [1.29, 1.82) is 0 Å². The lowest BCUT2D eigenvalue weighted by molar-refractivity contribution is -0.130. The van der Waals surface area contributed by atoms with Crippen molar-refractivity contribution in [1.82, 2.24) is 14.9 Å². The number of Topliss-reactive ketones (excluding diaryl/α,β-unsaturated/α-hetero) is 1. The van der Waals surface area contributed by atoms with Gasteiger partial charge in [-0.1, -0.05) is 6.07 Å². The molecule has 2 rings (SSSR count). The summed E-state index contributed by atoms with van der Waals surface area (Å²) < 4.78 is 5.03. The third kappa shape index (κ3) is 4.42. The molecule has 0 saturated heterocycles. The molecule has 0 fully saturated rings. The van der Waals surface area contributed by atoms with Crippen LogP contribution in [-0.4, -0.2) is 45.2 Å². The van der Waals surface area contributed by atoms with E-state index in [9.17, 15) is 14.4 Å². The van der Waals surface area contributed by atoms with Gasteiger partial charge < -0.3 is 14.6 Å². The molecule has 144 valence electrons. The lowest BCUT2D eigenvalue weighted by Crippen LogP contribution is -2.42. The van der Waals surface area contributed by atoms with Crippen molar-refractivity contribution < 1.29 is 19.1 Å². The van der Waals surface area contributed by atoms with Gasteiger partial charge in [-0.05, 0) is 44.9 Å². The van der Waals surface area contributed by atoms with E-state index in [2.05, 4.69) is 9.97 Å². The van der Waals surface area contributed by atoms with Gasteiger partial charge in [-0.3, -0.25) is 14.6 Å². The molecule has 1 atom stereocenters. The van der Waals surface area contributed by atoms with Crippen LogP contribution in [0.1, 0.15) is 58.4 Å². The summed E-state index contributed by atoms with van der Waals surface area (Å²) in [6.07, 6.45) is 3.32. The second kappa shape index (κ2) is 8.62. The van der Waals surface area contributed by atoms with Gasteiger partial charge in [-0.25, -0.2) is 4.79 Å². The fourth-order valence-electron chi connectivity index (χ4n) is 3.09. The Morgan fingerprint density at radius 1 is 1.30 bits per heavy atom. The molecule has 2 aromatic heterocycles. The van der Waals surface area contributed by atoms with Crippen LogP contribution in [0.25, 0.3) is 0 Å². The molecule has 0 spiro atoms. The van der Waals surface area contributed by atoms with Crippen molar-refractivity contribution >= 4 is 17.7 Å². The van der Waals surface area contributed by atoms with Crippen molar-refractivity contribution in [3.8, 4) is 0 Å². The summed E-state index contributed by atoms with van der Waals surface area (Å²) in [6, 6.07) is 2.95. The number of aryl methyl sites for hydroxylation is 1. The van der Waals surface area contributed by atoms with Crippen molar-refractivity contribution in [2.24, 2.45) is 0 Å². The van der Waals surface area contributed by atoms with Crippen LogP contribution in [0.3, 0.4) is 0 Å². The van der Waals surface area contributed by atoms with Crippen LogP contribution in [0.4, 0.5) is 0 Å². The van der Waals surface area contributed by atoms with Gasteiger partial charge in [-0.15, -0.1) is 0 Å². The molecule has 0 radical (unpaired) electrons. The van der Waals surface area contributed by atoms with Gasteiger partial charge in [0.15, 0.2) is 5.78 Å². The van der Waals surface area contributed by atoms with Crippen molar-refractivity contribution in [3.05, 3.63) is 52.6 Å². The number of aromatic amines is 1. The average molecular weight is 371 g/mol. The topological polar surface area (TPSA) is 92.4 Å². The molecule has 0 bridgehead atoms. The van der Waals surface area contributed by atoms with Gasteiger partial charge in [0.1, 0.15) is 5.69 Å². The van der Waals surface area contributed by atoms with Crippen LogP contribution >= 0.6 is 0 Å². The van der Waals surface area contributed by atoms with Gasteiger partial charge in [-0.2, -0.15) is 0 Å². The Morgan fingerprint density at radius 3 is 2.56 bits per heavy atom. The van der Waals surface area contributed by atoms with Crippen molar-refractivity contribution in [2.45, 2.75) is 47.2 Å². The SMILES string of the molecule is CCOC(=O)c1[nH]c(C)c(C(=O)C(C)N(Cc2cccnc2)C(C)=O)c1C. The van der Waals surface area contributed by atoms with E-state index in [1.807, 2.05) is 6.07 Å². The molecule has 0 aliphatic carbocycles. The smallest absolute Gasteiger partial charge is 0.355 e. The number of esters is 1. The predicted molar refractivity (Wildman–Crippen MR) is 100 cm³/mol. The summed E-state index contributed by atoms with van der Waals surface area (Å²) in [6.45, 7) is 8.81. The van der Waals surface area contributed by atoms with Gasteiger partial charge in [0.25, 0.3) is 0 Å². The van der Waals surface area contributed by atoms with Crippen LogP contribution in [0.15, 0.2) is 24.5 Å². The quantitative estimate of drug-likeness (QED) is 0.597. The number of nitrogens with one attached hydrogen (secondary N) is 1. The molecule has 27 heavy (non-hydrogen) atoms. The first-order valence-electron chi connectivity index (χ1n) is 8.84. The summed E-state index contributed by atoms with van der Waals surface area (Å²) in [5.74, 6) is -0.935. The third-order valence-electron chi connectivity index (χ3n) is 4.49. The summed E-state index contributed by atoms with van der Waals surface area (Å²) in [5.41, 5.74) is 2.64. The third-order valence-corrected chi connectivity index (χ3v) is 4.49. The molecule has 1 unspecified atom stereocenters. The number of hydrogen-bond acceptors (Lipinski definition) is 5. The number of carbonyl (C=O) groups is 3. The first kappa shape index (κ1) is 20.4. The highest BCUT2D eigenvalue weighted by Gasteiger charge is 2.30. The van der Waals surface area contributed by atoms with Gasteiger partial charge >= 0.3 is 5.97 Å². The van der Waals surface area contributed by atoms with Crippen molar-refractivity contribution in [3.63, 3.8) is 0 Å². The molecule has 1 N–H and O–H groups in total. The molecule has 7 nitrogen and oxygen atoms in total. The zero-order chi connectivity index (χ0) is 20.1. The Morgan fingerprint density at radius 2 is 2.00 bits per heavy atom. The number of H-pyrrole nitrogens is 1. The maximum atomic E-state index is 13.1. The van der Waals surface area contributed by atoms with Gasteiger partial charge in [0, 0.05) is 37.1 Å². The molecular formula is C20H25N3O4. The number of nitrogens with zero attached hydrogens (tertiary/aromatic N) is 2. The monoisotopic (exact) mass is 371 g/mol. The summed E-state index contributed by atoms with van der Waals surface area (Å²) in [4.78, 5) is 45.9. The number of ether oxygens (including phenoxy) is 1. The number of ketones is 1. The van der Waals surface area contributed by atoms with E-state index in [0.29, 0.717) is 16.8 Å². The second-order valence-corrected chi connectivity index (χ2v) is 6.39. The fourth-order valence-corrected chi connectivity index (χ4v) is 3.09. The highest BCUT2D eigenvalue weighted by molar-refractivity contribution is 6.06. The van der Waals surface area contributed by atoms with Crippen LogP contribution in [0.2, 0.25) is 0 Å². The lowest BCUT2D eigenvalue weighted by Gasteiger charge is -2.27. The fraction of sp³-hybridized carbons (Fsp3) is 0.400. The standard InChI is InChI=1S/C20H25N3O4/c1-6-27-20(26)18-12(2)17(13(3)22-18)19(25)14(4)23(15(5)24)11-16-8-7-9-21-10-16/h7-10,14,22H,6,11H2,1-5H3. The van der Waals surface area contributed by atoms with Crippen LogP contribution in [-0.2, 0) is 16.1 Å². The first-order valence-corrected chi connectivity index (χ1v) is 8.84. The number of amides is 1. The number of hydrogen-bond donors (Lipinski definition) is 1.